The molecule has 2 aliphatic rings. The molecule has 2 unspecified atom stereocenters. The van der Waals surface area contributed by atoms with Gasteiger partial charge in [0.05, 0.1) is 5.69 Å². The van der Waals surface area contributed by atoms with Crippen LogP contribution < -0.4 is 5.32 Å². The van der Waals surface area contributed by atoms with Crippen LogP contribution in [0, 0.1) is 17.5 Å². The third-order valence-corrected chi connectivity index (χ3v) is 4.47. The molecule has 2 atom stereocenters. The quantitative estimate of drug-likeness (QED) is 0.831. The van der Waals surface area contributed by atoms with E-state index in [2.05, 4.69) is 17.3 Å². The number of nitrogens with one attached hydrogen (secondary N) is 1. The van der Waals surface area contributed by atoms with Crippen molar-refractivity contribution in [2.24, 2.45) is 0 Å². The van der Waals surface area contributed by atoms with Gasteiger partial charge in [-0.25, -0.2) is 13.2 Å². The van der Waals surface area contributed by atoms with Crippen LogP contribution in [-0.2, 0) is 0 Å². The normalized spacial score (nSPS) is 30.6. The fraction of sp³-hybridized carbons (Fsp3) is 0.571. The first kappa shape index (κ1) is 12.8. The van der Waals surface area contributed by atoms with Crippen LogP contribution in [-0.4, -0.2) is 30.1 Å². The number of hydrogen-bond donors (Lipinski definition) is 1. The SMILES string of the molecule is CN1C2CCC1CC(Nc1cc(F)c(F)cc1F)C2. The van der Waals surface area contributed by atoms with E-state index in [1.807, 2.05) is 0 Å². The summed E-state index contributed by atoms with van der Waals surface area (Å²) in [4.78, 5) is 2.37. The predicted octanol–water partition coefficient (Wildman–Crippen LogP) is 3.14. The van der Waals surface area contributed by atoms with Gasteiger partial charge < -0.3 is 10.2 Å². The van der Waals surface area contributed by atoms with Crippen LogP contribution in [0.2, 0.25) is 0 Å². The molecule has 1 aromatic carbocycles. The number of piperidine rings is 1. The van der Waals surface area contributed by atoms with Crippen LogP contribution in [0.3, 0.4) is 0 Å². The maximum absolute atomic E-state index is 13.6. The maximum atomic E-state index is 13.6. The second kappa shape index (κ2) is 4.71. The third kappa shape index (κ3) is 2.31. The zero-order valence-corrected chi connectivity index (χ0v) is 10.8. The molecule has 2 nitrogen and oxygen atoms in total. The fourth-order valence-electron chi connectivity index (χ4n) is 3.38. The van der Waals surface area contributed by atoms with Gasteiger partial charge in [-0.3, -0.25) is 0 Å². The molecule has 0 aliphatic carbocycles. The second-order valence-corrected chi connectivity index (χ2v) is 5.61. The first-order chi connectivity index (χ1) is 9.04. The standard InChI is InChI=1S/C14H17F3N2/c1-19-9-2-3-10(19)5-8(4-9)18-14-7-12(16)11(15)6-13(14)17/h6-10,18H,2-5H2,1H3. The second-order valence-electron chi connectivity index (χ2n) is 5.61. The summed E-state index contributed by atoms with van der Waals surface area (Å²) in [6, 6.07) is 2.67. The van der Waals surface area contributed by atoms with Crippen molar-refractivity contribution in [2.45, 2.75) is 43.8 Å². The van der Waals surface area contributed by atoms with Gasteiger partial charge in [-0.05, 0) is 32.7 Å². The lowest BCUT2D eigenvalue weighted by molar-refractivity contribution is 0.168. The summed E-state index contributed by atoms with van der Waals surface area (Å²) in [5.41, 5.74) is 0.0628. The molecule has 0 saturated carbocycles. The summed E-state index contributed by atoms with van der Waals surface area (Å²) in [6.45, 7) is 0. The highest BCUT2D eigenvalue weighted by molar-refractivity contribution is 5.46. The van der Waals surface area contributed by atoms with Crippen molar-refractivity contribution in [3.8, 4) is 0 Å². The maximum Gasteiger partial charge on any atom is 0.161 e. The van der Waals surface area contributed by atoms with Crippen molar-refractivity contribution < 1.29 is 13.2 Å². The van der Waals surface area contributed by atoms with Crippen molar-refractivity contribution in [1.82, 2.24) is 4.90 Å². The van der Waals surface area contributed by atoms with Crippen LogP contribution in [0.25, 0.3) is 0 Å². The van der Waals surface area contributed by atoms with E-state index in [9.17, 15) is 13.2 Å². The van der Waals surface area contributed by atoms with Gasteiger partial charge in [0.1, 0.15) is 5.82 Å². The van der Waals surface area contributed by atoms with Crippen LogP contribution in [0.5, 0.6) is 0 Å². The summed E-state index contributed by atoms with van der Waals surface area (Å²) < 4.78 is 39.6. The minimum Gasteiger partial charge on any atom is -0.380 e. The molecule has 5 heteroatoms. The lowest BCUT2D eigenvalue weighted by atomic mass is 9.97. The molecule has 0 spiro atoms. The van der Waals surface area contributed by atoms with Crippen LogP contribution in [0.15, 0.2) is 12.1 Å². The molecule has 3 rings (SSSR count). The number of fused-ring (bicyclic) bond motifs is 2. The van der Waals surface area contributed by atoms with Gasteiger partial charge >= 0.3 is 0 Å². The van der Waals surface area contributed by atoms with Gasteiger partial charge in [0.25, 0.3) is 0 Å². The van der Waals surface area contributed by atoms with Crippen LogP contribution in [0.1, 0.15) is 25.7 Å². The van der Waals surface area contributed by atoms with Crippen molar-refractivity contribution >= 4 is 5.69 Å². The van der Waals surface area contributed by atoms with Crippen LogP contribution >= 0.6 is 0 Å². The van der Waals surface area contributed by atoms with E-state index in [-0.39, 0.29) is 11.7 Å². The minimum atomic E-state index is -1.15. The van der Waals surface area contributed by atoms with Gasteiger partial charge in [0, 0.05) is 30.3 Å². The Balaban J connectivity index is 1.74. The molecule has 2 fully saturated rings. The molecular weight excluding hydrogens is 253 g/mol. The first-order valence-corrected chi connectivity index (χ1v) is 6.67. The van der Waals surface area contributed by atoms with E-state index in [1.54, 1.807) is 0 Å². The highest BCUT2D eigenvalue weighted by Crippen LogP contribution is 2.35. The van der Waals surface area contributed by atoms with Crippen molar-refractivity contribution in [3.05, 3.63) is 29.6 Å². The zero-order valence-electron chi connectivity index (χ0n) is 10.8. The molecule has 2 bridgehead atoms. The Morgan fingerprint density at radius 2 is 1.58 bits per heavy atom. The van der Waals surface area contributed by atoms with Crippen LogP contribution in [0.4, 0.5) is 18.9 Å². The molecule has 1 N–H and O–H groups in total. The van der Waals surface area contributed by atoms with Gasteiger partial charge in [-0.1, -0.05) is 0 Å². The smallest absolute Gasteiger partial charge is 0.161 e. The minimum absolute atomic E-state index is 0.0628. The molecule has 1 aromatic rings. The predicted molar refractivity (Wildman–Crippen MR) is 67.5 cm³/mol. The number of anilines is 1. The molecule has 19 heavy (non-hydrogen) atoms. The van der Waals surface area contributed by atoms with Gasteiger partial charge in [0.2, 0.25) is 0 Å². The van der Waals surface area contributed by atoms with E-state index >= 15 is 0 Å². The Kier molecular flexibility index (Phi) is 3.17. The van der Waals surface area contributed by atoms with E-state index in [0.717, 1.165) is 18.9 Å². The Hall–Kier alpha value is -1.23. The fourth-order valence-corrected chi connectivity index (χ4v) is 3.38. The molecule has 2 saturated heterocycles. The average Bonchev–Trinajstić information content (AvgIpc) is 2.60. The number of hydrogen-bond acceptors (Lipinski definition) is 2. The lowest BCUT2D eigenvalue weighted by Crippen LogP contribution is -2.44. The Morgan fingerprint density at radius 1 is 1.00 bits per heavy atom. The van der Waals surface area contributed by atoms with E-state index in [4.69, 9.17) is 0 Å². The monoisotopic (exact) mass is 270 g/mol. The summed E-state index contributed by atoms with van der Waals surface area (Å²) in [6.07, 6.45) is 4.18. The largest absolute Gasteiger partial charge is 0.380 e. The molecular formula is C14H17F3N2. The summed E-state index contributed by atoms with van der Waals surface area (Å²) in [7, 11) is 2.12. The Bertz CT molecular complexity index is 478. The summed E-state index contributed by atoms with van der Waals surface area (Å²) in [5.74, 6) is -2.89. The molecule has 104 valence electrons. The van der Waals surface area contributed by atoms with Gasteiger partial charge in [-0.2, -0.15) is 0 Å². The topological polar surface area (TPSA) is 15.3 Å². The Labute approximate surface area is 110 Å². The molecule has 2 heterocycles. The third-order valence-electron chi connectivity index (χ3n) is 4.47. The number of nitrogens with zero attached hydrogens (tertiary/aromatic N) is 1. The van der Waals surface area contributed by atoms with E-state index < -0.39 is 17.5 Å². The summed E-state index contributed by atoms with van der Waals surface area (Å²) >= 11 is 0. The Morgan fingerprint density at radius 3 is 2.21 bits per heavy atom. The van der Waals surface area contributed by atoms with Gasteiger partial charge in [-0.15, -0.1) is 0 Å². The van der Waals surface area contributed by atoms with Crippen molar-refractivity contribution in [1.29, 1.82) is 0 Å². The average molecular weight is 270 g/mol. The highest BCUT2D eigenvalue weighted by atomic mass is 19.2. The zero-order chi connectivity index (χ0) is 13.6. The highest BCUT2D eigenvalue weighted by Gasteiger charge is 2.38. The molecule has 0 amide bonds. The number of halogens is 3. The summed E-state index contributed by atoms with van der Waals surface area (Å²) in [5, 5.41) is 3.03. The number of benzene rings is 1. The lowest BCUT2D eigenvalue weighted by Gasteiger charge is -2.37. The van der Waals surface area contributed by atoms with E-state index in [1.165, 1.54) is 12.8 Å². The molecule has 0 aromatic heterocycles. The van der Waals surface area contributed by atoms with Crippen molar-refractivity contribution in [2.75, 3.05) is 12.4 Å². The van der Waals surface area contributed by atoms with Gasteiger partial charge in [0.15, 0.2) is 11.6 Å². The molecule has 2 aliphatic heterocycles. The van der Waals surface area contributed by atoms with Crippen molar-refractivity contribution in [3.63, 3.8) is 0 Å². The first-order valence-electron chi connectivity index (χ1n) is 6.67. The van der Waals surface area contributed by atoms with E-state index in [0.29, 0.717) is 18.2 Å². The molecule has 0 radical (unpaired) electrons. The number of rotatable bonds is 2.